The van der Waals surface area contributed by atoms with Gasteiger partial charge in [0, 0.05) is 15.6 Å². The van der Waals surface area contributed by atoms with Gasteiger partial charge in [0.1, 0.15) is 5.75 Å². The first-order valence-corrected chi connectivity index (χ1v) is 7.14. The molecule has 4 nitrogen and oxygen atoms in total. The molecule has 0 bridgehead atoms. The quantitative estimate of drug-likeness (QED) is 0.679. The summed E-state index contributed by atoms with van der Waals surface area (Å²) < 4.78 is 6.02. The Balaban J connectivity index is 2.11. The second-order valence-electron chi connectivity index (χ2n) is 4.38. The maximum absolute atomic E-state index is 12.0. The van der Waals surface area contributed by atoms with Crippen molar-refractivity contribution in [2.45, 2.75) is 6.92 Å². The van der Waals surface area contributed by atoms with Crippen molar-refractivity contribution in [1.82, 2.24) is 5.43 Å². The summed E-state index contributed by atoms with van der Waals surface area (Å²) in [6, 6.07) is 14.7. The molecule has 0 aliphatic rings. The van der Waals surface area contributed by atoms with Crippen LogP contribution in [-0.2, 0) is 0 Å². The van der Waals surface area contributed by atoms with Gasteiger partial charge < -0.3 is 4.74 Å². The lowest BCUT2D eigenvalue weighted by Gasteiger charge is -2.05. The summed E-state index contributed by atoms with van der Waals surface area (Å²) >= 11 is 3.33. The van der Waals surface area contributed by atoms with E-state index in [2.05, 4.69) is 26.5 Å². The molecule has 2 aromatic rings. The summed E-state index contributed by atoms with van der Waals surface area (Å²) in [6.45, 7) is 1.83. The summed E-state index contributed by atoms with van der Waals surface area (Å²) in [4.78, 5) is 12.0. The molecule has 0 aliphatic carbocycles. The molecule has 1 amide bonds. The van der Waals surface area contributed by atoms with E-state index in [9.17, 15) is 4.79 Å². The monoisotopic (exact) mass is 346 g/mol. The van der Waals surface area contributed by atoms with Crippen molar-refractivity contribution < 1.29 is 9.53 Å². The number of hydrogen-bond acceptors (Lipinski definition) is 3. The summed E-state index contributed by atoms with van der Waals surface area (Å²) in [7, 11) is 1.61. The first-order valence-electron chi connectivity index (χ1n) is 6.35. The van der Waals surface area contributed by atoms with E-state index in [0.29, 0.717) is 11.3 Å². The second-order valence-corrected chi connectivity index (χ2v) is 5.30. The lowest BCUT2D eigenvalue weighted by atomic mass is 10.1. The maximum Gasteiger partial charge on any atom is 0.271 e. The highest BCUT2D eigenvalue weighted by atomic mass is 79.9. The Bertz CT molecular complexity index is 683. The van der Waals surface area contributed by atoms with Gasteiger partial charge in [-0.05, 0) is 37.3 Å². The van der Waals surface area contributed by atoms with Crippen molar-refractivity contribution in [1.29, 1.82) is 0 Å². The minimum atomic E-state index is -0.251. The highest BCUT2D eigenvalue weighted by Crippen LogP contribution is 2.14. The smallest absolute Gasteiger partial charge is 0.271 e. The lowest BCUT2D eigenvalue weighted by molar-refractivity contribution is 0.0955. The molecule has 0 unspecified atom stereocenters. The van der Waals surface area contributed by atoms with Gasteiger partial charge in [0.05, 0.1) is 12.8 Å². The van der Waals surface area contributed by atoms with Gasteiger partial charge in [-0.3, -0.25) is 4.79 Å². The highest BCUT2D eigenvalue weighted by molar-refractivity contribution is 9.10. The van der Waals surface area contributed by atoms with Crippen LogP contribution >= 0.6 is 15.9 Å². The van der Waals surface area contributed by atoms with Gasteiger partial charge in [-0.15, -0.1) is 0 Å². The molecular weight excluding hydrogens is 332 g/mol. The van der Waals surface area contributed by atoms with E-state index in [-0.39, 0.29) is 5.91 Å². The van der Waals surface area contributed by atoms with E-state index >= 15 is 0 Å². The number of rotatable bonds is 4. The fourth-order valence-electron chi connectivity index (χ4n) is 1.74. The van der Waals surface area contributed by atoms with Gasteiger partial charge >= 0.3 is 0 Å². The molecule has 0 aliphatic heterocycles. The van der Waals surface area contributed by atoms with Crippen LogP contribution in [0.4, 0.5) is 0 Å². The van der Waals surface area contributed by atoms with Gasteiger partial charge in [0.25, 0.3) is 5.91 Å². The number of amides is 1. The molecule has 2 aromatic carbocycles. The molecule has 5 heteroatoms. The Hall–Kier alpha value is -2.14. The second kappa shape index (κ2) is 7.04. The van der Waals surface area contributed by atoms with Crippen LogP contribution in [0.1, 0.15) is 22.8 Å². The van der Waals surface area contributed by atoms with Crippen molar-refractivity contribution in [3.63, 3.8) is 0 Å². The fourth-order valence-corrected chi connectivity index (χ4v) is 2.14. The average molecular weight is 347 g/mol. The van der Waals surface area contributed by atoms with Gasteiger partial charge in [-0.25, -0.2) is 5.43 Å². The number of nitrogens with one attached hydrogen (secondary N) is 1. The third-order valence-corrected chi connectivity index (χ3v) is 3.39. The molecule has 0 saturated heterocycles. The van der Waals surface area contributed by atoms with Crippen molar-refractivity contribution in [2.75, 3.05) is 7.11 Å². The Morgan fingerprint density at radius 3 is 2.57 bits per heavy atom. The molecule has 21 heavy (non-hydrogen) atoms. The van der Waals surface area contributed by atoms with Crippen LogP contribution in [0, 0.1) is 0 Å². The predicted octanol–water partition coefficient (Wildman–Crippen LogP) is 3.61. The van der Waals surface area contributed by atoms with Crippen molar-refractivity contribution >= 4 is 27.5 Å². The van der Waals surface area contributed by atoms with Crippen molar-refractivity contribution in [3.8, 4) is 5.75 Å². The van der Waals surface area contributed by atoms with Gasteiger partial charge in [0.15, 0.2) is 0 Å². The molecule has 0 aromatic heterocycles. The number of ether oxygens (including phenoxy) is 1. The average Bonchev–Trinajstić information content (AvgIpc) is 2.52. The standard InChI is InChI=1S/C16H15BrN2O2/c1-11(12-5-4-8-15(10-12)21-2)18-19-16(20)13-6-3-7-14(17)9-13/h3-10H,1-2H3,(H,19,20). The molecular formula is C16H15BrN2O2. The van der Waals surface area contributed by atoms with Crippen LogP contribution < -0.4 is 10.2 Å². The Labute approximate surface area is 132 Å². The van der Waals surface area contributed by atoms with Crippen LogP contribution in [0.2, 0.25) is 0 Å². The zero-order valence-electron chi connectivity index (χ0n) is 11.8. The third kappa shape index (κ3) is 4.16. The van der Waals surface area contributed by atoms with E-state index in [1.165, 1.54) is 0 Å². The van der Waals surface area contributed by atoms with Crippen molar-refractivity contribution in [3.05, 3.63) is 64.1 Å². The van der Waals surface area contributed by atoms with Crippen molar-refractivity contribution in [2.24, 2.45) is 5.10 Å². The van der Waals surface area contributed by atoms with Gasteiger partial charge in [-0.1, -0.05) is 34.1 Å². The number of hydrazone groups is 1. The molecule has 108 valence electrons. The topological polar surface area (TPSA) is 50.7 Å². The predicted molar refractivity (Wildman–Crippen MR) is 86.8 cm³/mol. The number of nitrogens with zero attached hydrogens (tertiary/aromatic N) is 1. The number of carbonyl (C=O) groups excluding carboxylic acids is 1. The number of benzene rings is 2. The summed E-state index contributed by atoms with van der Waals surface area (Å²) in [5.74, 6) is 0.499. The third-order valence-electron chi connectivity index (χ3n) is 2.90. The zero-order chi connectivity index (χ0) is 15.2. The number of methoxy groups -OCH3 is 1. The first-order chi connectivity index (χ1) is 10.1. The molecule has 0 fully saturated rings. The van der Waals surface area contributed by atoms with E-state index in [4.69, 9.17) is 4.74 Å². The number of hydrogen-bond donors (Lipinski definition) is 1. The van der Waals surface area contributed by atoms with Crippen LogP contribution in [0.5, 0.6) is 5.75 Å². The number of carbonyl (C=O) groups is 1. The van der Waals surface area contributed by atoms with Crippen LogP contribution in [0.15, 0.2) is 58.1 Å². The molecule has 0 heterocycles. The molecule has 0 radical (unpaired) electrons. The Morgan fingerprint density at radius 2 is 1.86 bits per heavy atom. The minimum Gasteiger partial charge on any atom is -0.497 e. The molecule has 0 saturated carbocycles. The minimum absolute atomic E-state index is 0.251. The highest BCUT2D eigenvalue weighted by Gasteiger charge is 2.05. The lowest BCUT2D eigenvalue weighted by Crippen LogP contribution is -2.19. The first kappa shape index (κ1) is 15.3. The SMILES string of the molecule is COc1cccc(C(C)=NNC(=O)c2cccc(Br)c2)c1. The molecule has 0 spiro atoms. The van der Waals surface area contributed by atoms with Crippen LogP contribution in [-0.4, -0.2) is 18.7 Å². The summed E-state index contributed by atoms with van der Waals surface area (Å²) in [5.41, 5.74) is 4.70. The van der Waals surface area contributed by atoms with E-state index in [1.807, 2.05) is 37.3 Å². The normalized spacial score (nSPS) is 11.1. The zero-order valence-corrected chi connectivity index (χ0v) is 13.3. The van der Waals surface area contributed by atoms with E-state index < -0.39 is 0 Å². The summed E-state index contributed by atoms with van der Waals surface area (Å²) in [5, 5.41) is 4.12. The maximum atomic E-state index is 12.0. The van der Waals surface area contributed by atoms with Crippen LogP contribution in [0.25, 0.3) is 0 Å². The van der Waals surface area contributed by atoms with E-state index in [1.54, 1.807) is 25.3 Å². The van der Waals surface area contributed by atoms with Gasteiger partial charge in [0.2, 0.25) is 0 Å². The number of halogens is 1. The largest absolute Gasteiger partial charge is 0.497 e. The fraction of sp³-hybridized carbons (Fsp3) is 0.125. The Kier molecular flexibility index (Phi) is 5.11. The summed E-state index contributed by atoms with van der Waals surface area (Å²) in [6.07, 6.45) is 0. The van der Waals surface area contributed by atoms with E-state index in [0.717, 1.165) is 15.8 Å². The Morgan fingerprint density at radius 1 is 1.14 bits per heavy atom. The molecule has 0 atom stereocenters. The molecule has 2 rings (SSSR count). The van der Waals surface area contributed by atoms with Crippen LogP contribution in [0.3, 0.4) is 0 Å². The van der Waals surface area contributed by atoms with Gasteiger partial charge in [-0.2, -0.15) is 5.10 Å². The molecule has 1 N–H and O–H groups in total.